The number of carbonyl (C=O) groups is 1. The first-order valence-electron chi connectivity index (χ1n) is 12.3. The minimum Gasteiger partial charge on any atom is -0.344 e. The third-order valence-corrected chi connectivity index (χ3v) is 7.38. The molecule has 7 nitrogen and oxygen atoms in total. The molecule has 6 rings (SSSR count). The summed E-state index contributed by atoms with van der Waals surface area (Å²) in [4.78, 5) is 31.8. The number of nitrogens with zero attached hydrogens (tertiary/aromatic N) is 3. The van der Waals surface area contributed by atoms with Gasteiger partial charge in [0, 0.05) is 23.9 Å². The SMILES string of the molecule is O=C(N[C@H](CN1CCC1)c1ccc(F)cc1)c1cn2nc(-c3ccc(Cl)c(F)c3)[nH]c(=O)c2c1C1CC1. The van der Waals surface area contributed by atoms with Crippen LogP contribution in [0.2, 0.25) is 5.02 Å². The van der Waals surface area contributed by atoms with Crippen LogP contribution in [0.25, 0.3) is 16.9 Å². The molecule has 1 saturated heterocycles. The van der Waals surface area contributed by atoms with E-state index < -0.39 is 11.4 Å². The molecule has 4 aromatic rings. The zero-order valence-corrected chi connectivity index (χ0v) is 20.6. The Morgan fingerprint density at radius 2 is 1.92 bits per heavy atom. The van der Waals surface area contributed by atoms with E-state index in [0.29, 0.717) is 28.8 Å². The highest BCUT2D eigenvalue weighted by Crippen LogP contribution is 2.43. The molecule has 1 amide bonds. The van der Waals surface area contributed by atoms with Gasteiger partial charge in [0.05, 0.1) is 16.6 Å². The van der Waals surface area contributed by atoms with Gasteiger partial charge in [-0.25, -0.2) is 13.3 Å². The zero-order valence-electron chi connectivity index (χ0n) is 19.8. The molecule has 190 valence electrons. The summed E-state index contributed by atoms with van der Waals surface area (Å²) in [6.07, 6.45) is 4.42. The van der Waals surface area contributed by atoms with Gasteiger partial charge in [0.2, 0.25) is 0 Å². The molecule has 1 aliphatic heterocycles. The molecule has 1 atom stereocenters. The Labute approximate surface area is 216 Å². The molecule has 2 aromatic heterocycles. The number of fused-ring (bicyclic) bond motifs is 1. The fourth-order valence-electron chi connectivity index (χ4n) is 4.84. The van der Waals surface area contributed by atoms with Crippen LogP contribution in [0.1, 0.15) is 52.7 Å². The van der Waals surface area contributed by atoms with Gasteiger partial charge in [0.25, 0.3) is 11.5 Å². The molecule has 0 bridgehead atoms. The second-order valence-electron chi connectivity index (χ2n) is 9.69. The van der Waals surface area contributed by atoms with Crippen LogP contribution in [0.4, 0.5) is 8.78 Å². The third-order valence-electron chi connectivity index (χ3n) is 7.07. The Morgan fingerprint density at radius 1 is 1.16 bits per heavy atom. The van der Waals surface area contributed by atoms with Crippen molar-refractivity contribution in [1.82, 2.24) is 24.8 Å². The van der Waals surface area contributed by atoms with Crippen molar-refractivity contribution in [3.05, 3.63) is 92.4 Å². The molecule has 37 heavy (non-hydrogen) atoms. The Balaban J connectivity index is 1.38. The molecular weight excluding hydrogens is 500 g/mol. The number of likely N-dealkylation sites (tertiary alicyclic amines) is 1. The predicted octanol–water partition coefficient (Wildman–Crippen LogP) is 4.68. The lowest BCUT2D eigenvalue weighted by Crippen LogP contribution is -2.44. The highest BCUT2D eigenvalue weighted by atomic mass is 35.5. The van der Waals surface area contributed by atoms with Crippen molar-refractivity contribution in [2.75, 3.05) is 19.6 Å². The summed E-state index contributed by atoms with van der Waals surface area (Å²) < 4.78 is 29.0. The van der Waals surface area contributed by atoms with Crippen LogP contribution < -0.4 is 10.9 Å². The standard InChI is InChI=1S/C27H24ClF2N5O2/c28-20-9-6-17(12-21(20)30)25-32-27(37)24-23(16-2-3-16)19(13-35(24)33-25)26(36)31-22(14-34-10-1-11-34)15-4-7-18(29)8-5-15/h4-9,12-13,16,22H,1-3,10-11,14H2,(H,31,36)(H,32,33,37)/t22-/m1/s1. The van der Waals surface area contributed by atoms with Gasteiger partial charge in [-0.3, -0.25) is 9.59 Å². The predicted molar refractivity (Wildman–Crippen MR) is 136 cm³/mol. The highest BCUT2D eigenvalue weighted by Gasteiger charge is 2.34. The summed E-state index contributed by atoms with van der Waals surface area (Å²) >= 11 is 5.79. The lowest BCUT2D eigenvalue weighted by atomic mass is 10.0. The second-order valence-corrected chi connectivity index (χ2v) is 10.1. The maximum atomic E-state index is 14.0. The van der Waals surface area contributed by atoms with Crippen LogP contribution in [0.15, 0.2) is 53.5 Å². The van der Waals surface area contributed by atoms with Crippen LogP contribution in [-0.2, 0) is 0 Å². The molecule has 1 aliphatic carbocycles. The Hall–Kier alpha value is -3.56. The van der Waals surface area contributed by atoms with Gasteiger partial charge in [-0.1, -0.05) is 23.7 Å². The minimum absolute atomic E-state index is 0.0305. The number of nitrogens with one attached hydrogen (secondary N) is 2. The normalized spacial score (nSPS) is 16.5. The van der Waals surface area contributed by atoms with Gasteiger partial charge in [-0.15, -0.1) is 5.10 Å². The van der Waals surface area contributed by atoms with E-state index in [4.69, 9.17) is 11.6 Å². The Bertz CT molecular complexity index is 1560. The first kappa shape index (κ1) is 23.8. The smallest absolute Gasteiger partial charge is 0.275 e. The van der Waals surface area contributed by atoms with Crippen LogP contribution in [0, 0.1) is 11.6 Å². The number of carbonyl (C=O) groups excluding carboxylic acids is 1. The van der Waals surface area contributed by atoms with Gasteiger partial charge >= 0.3 is 0 Å². The summed E-state index contributed by atoms with van der Waals surface area (Å²) in [6, 6.07) is 9.96. The highest BCUT2D eigenvalue weighted by molar-refractivity contribution is 6.30. The number of amides is 1. The van der Waals surface area contributed by atoms with Crippen molar-refractivity contribution in [2.24, 2.45) is 0 Å². The molecule has 2 aliphatic rings. The van der Waals surface area contributed by atoms with E-state index in [2.05, 4.69) is 20.3 Å². The van der Waals surface area contributed by atoms with Crippen LogP contribution >= 0.6 is 11.6 Å². The fourth-order valence-corrected chi connectivity index (χ4v) is 4.96. The van der Waals surface area contributed by atoms with Gasteiger partial charge < -0.3 is 15.2 Å². The van der Waals surface area contributed by atoms with E-state index >= 15 is 0 Å². The number of hydrogen-bond donors (Lipinski definition) is 2. The molecule has 0 radical (unpaired) electrons. The number of hydrogen-bond acceptors (Lipinski definition) is 4. The van der Waals surface area contributed by atoms with E-state index in [1.54, 1.807) is 24.4 Å². The van der Waals surface area contributed by atoms with Gasteiger partial charge in [-0.05, 0) is 74.2 Å². The number of benzene rings is 2. The Kier molecular flexibility index (Phi) is 6.04. The van der Waals surface area contributed by atoms with Crippen molar-refractivity contribution in [3.63, 3.8) is 0 Å². The quantitative estimate of drug-likeness (QED) is 0.369. The molecule has 0 unspecified atom stereocenters. The van der Waals surface area contributed by atoms with Crippen molar-refractivity contribution in [3.8, 4) is 11.4 Å². The maximum Gasteiger partial charge on any atom is 0.275 e. The van der Waals surface area contributed by atoms with Crippen molar-refractivity contribution < 1.29 is 13.6 Å². The molecule has 2 fully saturated rings. The average molecular weight is 524 g/mol. The molecule has 3 heterocycles. The first-order chi connectivity index (χ1) is 17.9. The number of H-pyrrole nitrogens is 1. The second kappa shape index (κ2) is 9.39. The van der Waals surface area contributed by atoms with E-state index in [1.807, 2.05) is 0 Å². The van der Waals surface area contributed by atoms with Crippen molar-refractivity contribution in [2.45, 2.75) is 31.2 Å². The summed E-state index contributed by atoms with van der Waals surface area (Å²) in [5.41, 5.74) is 2.13. The van der Waals surface area contributed by atoms with Crippen LogP contribution in [0.3, 0.4) is 0 Å². The largest absolute Gasteiger partial charge is 0.344 e. The lowest BCUT2D eigenvalue weighted by Gasteiger charge is -2.34. The average Bonchev–Trinajstić information content (AvgIpc) is 3.62. The summed E-state index contributed by atoms with van der Waals surface area (Å²) in [5, 5.41) is 7.57. The molecule has 10 heteroatoms. The lowest BCUT2D eigenvalue weighted by molar-refractivity contribution is 0.0906. The monoisotopic (exact) mass is 523 g/mol. The van der Waals surface area contributed by atoms with Crippen molar-refractivity contribution in [1.29, 1.82) is 0 Å². The number of rotatable bonds is 7. The van der Waals surface area contributed by atoms with Crippen molar-refractivity contribution >= 4 is 23.0 Å². The van der Waals surface area contributed by atoms with E-state index in [-0.39, 0.29) is 34.5 Å². The van der Waals surface area contributed by atoms with E-state index in [9.17, 15) is 18.4 Å². The molecular formula is C27H24ClF2N5O2. The number of halogens is 3. The van der Waals surface area contributed by atoms with E-state index in [0.717, 1.165) is 37.9 Å². The first-order valence-corrected chi connectivity index (χ1v) is 12.6. The number of aromatic nitrogens is 3. The van der Waals surface area contributed by atoms with Crippen LogP contribution in [0.5, 0.6) is 0 Å². The summed E-state index contributed by atoms with van der Waals surface area (Å²) in [5.74, 6) is -1.02. The Morgan fingerprint density at radius 3 is 2.57 bits per heavy atom. The topological polar surface area (TPSA) is 82.5 Å². The minimum atomic E-state index is -0.623. The van der Waals surface area contributed by atoms with Gasteiger partial charge in [0.1, 0.15) is 17.2 Å². The molecule has 0 spiro atoms. The summed E-state index contributed by atoms with van der Waals surface area (Å²) in [7, 11) is 0. The zero-order chi connectivity index (χ0) is 25.7. The molecule has 1 saturated carbocycles. The summed E-state index contributed by atoms with van der Waals surface area (Å²) in [6.45, 7) is 2.50. The molecule has 2 aromatic carbocycles. The van der Waals surface area contributed by atoms with Gasteiger partial charge in [0.15, 0.2) is 5.82 Å². The molecule has 2 N–H and O–H groups in total. The van der Waals surface area contributed by atoms with Gasteiger partial charge in [-0.2, -0.15) is 0 Å². The van der Waals surface area contributed by atoms with Crippen LogP contribution in [-0.4, -0.2) is 45.0 Å². The number of aromatic amines is 1. The third kappa shape index (κ3) is 4.65. The fraction of sp³-hybridized carbons (Fsp3) is 0.296. The van der Waals surface area contributed by atoms with E-state index in [1.165, 1.54) is 28.8 Å². The maximum absolute atomic E-state index is 14.0.